The number of anilines is 1. The lowest BCUT2D eigenvalue weighted by Crippen LogP contribution is -2.01. The van der Waals surface area contributed by atoms with Gasteiger partial charge in [0.15, 0.2) is 0 Å². The Morgan fingerprint density at radius 2 is 2.10 bits per heavy atom. The van der Waals surface area contributed by atoms with Crippen LogP contribution in [0.3, 0.4) is 0 Å². The van der Waals surface area contributed by atoms with Crippen LogP contribution >= 0.6 is 0 Å². The van der Waals surface area contributed by atoms with E-state index in [0.717, 1.165) is 23.1 Å². The highest BCUT2D eigenvalue weighted by atomic mass is 16.1. The molecule has 0 heterocycles. The molecule has 0 aromatic heterocycles. The maximum absolute atomic E-state index is 9.17. The predicted molar refractivity (Wildman–Crippen MR) is 82.9 cm³/mol. The highest BCUT2D eigenvalue weighted by Crippen LogP contribution is 2.37. The van der Waals surface area contributed by atoms with E-state index in [1.54, 1.807) is 12.1 Å². The van der Waals surface area contributed by atoms with Crippen molar-refractivity contribution in [3.8, 4) is 6.07 Å². The number of rotatable bonds is 3. The number of benzene rings is 1. The van der Waals surface area contributed by atoms with Gasteiger partial charge in [0.1, 0.15) is 6.29 Å². The monoisotopic (exact) mass is 270 g/mol. The van der Waals surface area contributed by atoms with Crippen LogP contribution in [0, 0.1) is 17.2 Å². The number of nitrogens with two attached hydrogens (primary N) is 1. The van der Waals surface area contributed by atoms with Gasteiger partial charge in [0, 0.05) is 17.7 Å². The molecule has 1 aromatic rings. The Kier molecular flexibility index (Phi) is 6.52. The average Bonchev–Trinajstić information content (AvgIpc) is 3.01. The van der Waals surface area contributed by atoms with Crippen LogP contribution in [0.5, 0.6) is 0 Å². The zero-order valence-electron chi connectivity index (χ0n) is 12.1. The molecule has 1 aliphatic rings. The van der Waals surface area contributed by atoms with Gasteiger partial charge in [0.2, 0.25) is 0 Å². The quantitative estimate of drug-likeness (QED) is 0.668. The van der Waals surface area contributed by atoms with Crippen molar-refractivity contribution in [1.29, 1.82) is 5.26 Å². The first kappa shape index (κ1) is 16.0. The summed E-state index contributed by atoms with van der Waals surface area (Å²) in [6.45, 7) is 5.97. The molecule has 0 amide bonds. The van der Waals surface area contributed by atoms with E-state index >= 15 is 0 Å². The first-order valence-electron chi connectivity index (χ1n) is 7.06. The van der Waals surface area contributed by atoms with Gasteiger partial charge in [-0.05, 0) is 42.5 Å². The summed E-state index contributed by atoms with van der Waals surface area (Å²) in [6, 6.07) is 7.55. The van der Waals surface area contributed by atoms with E-state index in [1.165, 1.54) is 25.7 Å². The second kappa shape index (κ2) is 8.16. The molecule has 0 spiro atoms. The fourth-order valence-electron chi connectivity index (χ4n) is 2.40. The molecular weight excluding hydrogens is 248 g/mol. The Balaban J connectivity index is 0.000000444. The molecule has 1 saturated carbocycles. The van der Waals surface area contributed by atoms with Crippen LogP contribution in [0.15, 0.2) is 24.8 Å². The number of hydrogen-bond donors (Lipinski definition) is 1. The largest absolute Gasteiger partial charge is 0.398 e. The summed E-state index contributed by atoms with van der Waals surface area (Å²) in [4.78, 5) is 9.17. The van der Waals surface area contributed by atoms with Crippen LogP contribution in [-0.2, 0) is 4.79 Å². The molecule has 0 bridgehead atoms. The summed E-state index contributed by atoms with van der Waals surface area (Å²) < 4.78 is 0. The molecule has 20 heavy (non-hydrogen) atoms. The fraction of sp³-hybridized carbons (Fsp3) is 0.412. The molecule has 1 aromatic carbocycles. The minimum atomic E-state index is 0.552. The van der Waals surface area contributed by atoms with Crippen molar-refractivity contribution in [3.05, 3.63) is 35.9 Å². The van der Waals surface area contributed by atoms with Gasteiger partial charge in [-0.25, -0.2) is 0 Å². The van der Waals surface area contributed by atoms with Gasteiger partial charge in [-0.1, -0.05) is 26.3 Å². The molecule has 3 nitrogen and oxygen atoms in total. The molecule has 0 aliphatic heterocycles. The maximum atomic E-state index is 9.17. The number of nitrogen functional groups attached to an aromatic ring is 1. The minimum Gasteiger partial charge on any atom is -0.398 e. The lowest BCUT2D eigenvalue weighted by Gasteiger charge is -2.15. The zero-order valence-corrected chi connectivity index (χ0v) is 12.1. The third-order valence-electron chi connectivity index (χ3n) is 3.54. The zero-order chi connectivity index (χ0) is 15.0. The van der Waals surface area contributed by atoms with E-state index in [2.05, 4.69) is 12.6 Å². The van der Waals surface area contributed by atoms with Crippen LogP contribution in [0.4, 0.5) is 5.69 Å². The van der Waals surface area contributed by atoms with Gasteiger partial charge in [0.25, 0.3) is 0 Å². The van der Waals surface area contributed by atoms with E-state index in [4.69, 9.17) is 11.0 Å². The number of aldehydes is 1. The molecule has 106 valence electrons. The normalized spacial score (nSPS) is 14.0. The summed E-state index contributed by atoms with van der Waals surface area (Å²) in [5.41, 5.74) is 9.40. The molecule has 0 saturated heterocycles. The molecule has 2 rings (SSSR count). The number of carbonyl (C=O) groups is 1. The third-order valence-corrected chi connectivity index (χ3v) is 3.54. The smallest absolute Gasteiger partial charge is 0.119 e. The molecule has 1 aliphatic carbocycles. The summed E-state index contributed by atoms with van der Waals surface area (Å²) in [6.07, 6.45) is 6.48. The fourth-order valence-corrected chi connectivity index (χ4v) is 2.40. The highest BCUT2D eigenvalue weighted by Gasteiger charge is 2.20. The lowest BCUT2D eigenvalue weighted by atomic mass is 9.91. The molecule has 0 radical (unpaired) electrons. The Morgan fingerprint density at radius 3 is 2.60 bits per heavy atom. The molecule has 1 fully saturated rings. The number of nitriles is 1. The number of hydrogen-bond acceptors (Lipinski definition) is 3. The van der Waals surface area contributed by atoms with Gasteiger partial charge < -0.3 is 10.5 Å². The molecule has 0 atom stereocenters. The first-order valence-corrected chi connectivity index (χ1v) is 7.06. The standard InChI is InChI=1S/C14H16N2.C3H6O/c1-10(12-4-2-3-5-12)13-8-11(9-15)6-7-14(13)16;1-2-3-4/h6-8,12H,1-5,16H2;3H,2H2,1H3. The SMILES string of the molecule is C=C(c1cc(C#N)ccc1N)C1CCCC1.CCC=O. The highest BCUT2D eigenvalue weighted by molar-refractivity contribution is 5.76. The van der Waals surface area contributed by atoms with Crippen LogP contribution in [0.1, 0.15) is 50.2 Å². The van der Waals surface area contributed by atoms with Crippen molar-refractivity contribution in [1.82, 2.24) is 0 Å². The van der Waals surface area contributed by atoms with Gasteiger partial charge in [-0.2, -0.15) is 5.26 Å². The van der Waals surface area contributed by atoms with Crippen LogP contribution < -0.4 is 5.73 Å². The van der Waals surface area contributed by atoms with Crippen LogP contribution in [0.2, 0.25) is 0 Å². The van der Waals surface area contributed by atoms with Crippen molar-refractivity contribution in [2.75, 3.05) is 5.73 Å². The second-order valence-electron chi connectivity index (χ2n) is 5.00. The first-order chi connectivity index (χ1) is 9.63. The van der Waals surface area contributed by atoms with Crippen LogP contribution in [-0.4, -0.2) is 6.29 Å². The van der Waals surface area contributed by atoms with Crippen molar-refractivity contribution in [3.63, 3.8) is 0 Å². The van der Waals surface area contributed by atoms with Crippen LogP contribution in [0.25, 0.3) is 5.57 Å². The average molecular weight is 270 g/mol. The number of allylic oxidation sites excluding steroid dienone is 1. The van der Waals surface area contributed by atoms with Gasteiger partial charge in [-0.3, -0.25) is 0 Å². The van der Waals surface area contributed by atoms with E-state index in [-0.39, 0.29) is 0 Å². The summed E-state index contributed by atoms with van der Waals surface area (Å²) in [7, 11) is 0. The summed E-state index contributed by atoms with van der Waals surface area (Å²) in [5, 5.41) is 8.88. The van der Waals surface area contributed by atoms with Gasteiger partial charge >= 0.3 is 0 Å². The Bertz CT molecular complexity index is 508. The minimum absolute atomic E-state index is 0.552. The maximum Gasteiger partial charge on any atom is 0.119 e. The molecule has 2 N–H and O–H groups in total. The van der Waals surface area contributed by atoms with Gasteiger partial charge in [0.05, 0.1) is 11.6 Å². The topological polar surface area (TPSA) is 66.9 Å². The van der Waals surface area contributed by atoms with E-state index in [0.29, 0.717) is 17.9 Å². The summed E-state index contributed by atoms with van der Waals surface area (Å²) in [5.74, 6) is 0.552. The third kappa shape index (κ3) is 4.24. The molecule has 0 unspecified atom stereocenters. The van der Waals surface area contributed by atoms with Crippen molar-refractivity contribution in [2.45, 2.75) is 39.0 Å². The predicted octanol–water partition coefficient (Wildman–Crippen LogP) is 3.94. The Morgan fingerprint density at radius 1 is 1.50 bits per heavy atom. The lowest BCUT2D eigenvalue weighted by molar-refractivity contribution is -0.107. The molecular formula is C17H22N2O. The Labute approximate surface area is 121 Å². The van der Waals surface area contributed by atoms with E-state index in [9.17, 15) is 4.79 Å². The van der Waals surface area contributed by atoms with Crippen molar-refractivity contribution in [2.24, 2.45) is 5.92 Å². The van der Waals surface area contributed by atoms with E-state index < -0.39 is 0 Å². The second-order valence-corrected chi connectivity index (χ2v) is 5.00. The number of carbonyl (C=O) groups excluding carboxylic acids is 1. The van der Waals surface area contributed by atoms with Gasteiger partial charge in [-0.15, -0.1) is 0 Å². The summed E-state index contributed by atoms with van der Waals surface area (Å²) >= 11 is 0. The molecule has 3 heteroatoms. The Hall–Kier alpha value is -2.08. The van der Waals surface area contributed by atoms with E-state index in [1.807, 2.05) is 13.0 Å². The van der Waals surface area contributed by atoms with Crippen molar-refractivity contribution < 1.29 is 4.79 Å². The van der Waals surface area contributed by atoms with Crippen molar-refractivity contribution >= 4 is 17.5 Å². The number of nitrogens with zero attached hydrogens (tertiary/aromatic N) is 1.